The molecule has 0 saturated heterocycles. The number of hydrogen-bond acceptors (Lipinski definition) is 4. The predicted molar refractivity (Wildman–Crippen MR) is 63.0 cm³/mol. The minimum Gasteiger partial charge on any atom is -0.446 e. The summed E-state index contributed by atoms with van der Waals surface area (Å²) in [5.41, 5.74) is 1.02. The van der Waals surface area contributed by atoms with E-state index in [9.17, 15) is 0 Å². The van der Waals surface area contributed by atoms with Crippen molar-refractivity contribution in [3.05, 3.63) is 17.8 Å². The number of oxazole rings is 1. The third-order valence-electron chi connectivity index (χ3n) is 2.09. The average Bonchev–Trinajstić information content (AvgIpc) is 2.62. The SMILES string of the molecule is CCCOCc1ocnc1CNC(C)(C)C. The number of ether oxygens (including phenoxy) is 1. The molecule has 92 valence electrons. The van der Waals surface area contributed by atoms with Crippen LogP contribution in [-0.2, 0) is 17.9 Å². The average molecular weight is 226 g/mol. The maximum atomic E-state index is 5.44. The highest BCUT2D eigenvalue weighted by molar-refractivity contribution is 5.06. The molecule has 0 fully saturated rings. The first kappa shape index (κ1) is 13.2. The van der Waals surface area contributed by atoms with Crippen LogP contribution >= 0.6 is 0 Å². The van der Waals surface area contributed by atoms with E-state index in [1.54, 1.807) is 0 Å². The quantitative estimate of drug-likeness (QED) is 0.757. The Morgan fingerprint density at radius 1 is 1.44 bits per heavy atom. The summed E-state index contributed by atoms with van der Waals surface area (Å²) in [4.78, 5) is 4.19. The lowest BCUT2D eigenvalue weighted by atomic mass is 10.1. The summed E-state index contributed by atoms with van der Waals surface area (Å²) >= 11 is 0. The molecular formula is C12H22N2O2. The fourth-order valence-electron chi connectivity index (χ4n) is 1.21. The molecule has 1 rings (SSSR count). The molecule has 1 aromatic rings. The summed E-state index contributed by atoms with van der Waals surface area (Å²) in [6, 6.07) is 0. The first-order valence-corrected chi connectivity index (χ1v) is 5.77. The lowest BCUT2D eigenvalue weighted by Gasteiger charge is -2.19. The Morgan fingerprint density at radius 2 is 2.19 bits per heavy atom. The smallest absolute Gasteiger partial charge is 0.181 e. The first-order chi connectivity index (χ1) is 7.53. The van der Waals surface area contributed by atoms with Crippen LogP contribution in [0.4, 0.5) is 0 Å². The van der Waals surface area contributed by atoms with Gasteiger partial charge < -0.3 is 14.5 Å². The topological polar surface area (TPSA) is 47.3 Å². The lowest BCUT2D eigenvalue weighted by Crippen LogP contribution is -2.35. The van der Waals surface area contributed by atoms with Gasteiger partial charge in [0.1, 0.15) is 6.61 Å². The van der Waals surface area contributed by atoms with E-state index in [4.69, 9.17) is 9.15 Å². The van der Waals surface area contributed by atoms with Crippen molar-refractivity contribution in [3.63, 3.8) is 0 Å². The van der Waals surface area contributed by atoms with Gasteiger partial charge in [-0.2, -0.15) is 0 Å². The highest BCUT2D eigenvalue weighted by Crippen LogP contribution is 2.10. The van der Waals surface area contributed by atoms with Crippen molar-refractivity contribution >= 4 is 0 Å². The van der Waals surface area contributed by atoms with E-state index in [2.05, 4.69) is 38.0 Å². The van der Waals surface area contributed by atoms with Crippen LogP contribution in [0.15, 0.2) is 10.8 Å². The van der Waals surface area contributed by atoms with Crippen LogP contribution in [0.2, 0.25) is 0 Å². The molecule has 1 N–H and O–H groups in total. The van der Waals surface area contributed by atoms with Crippen molar-refractivity contribution < 1.29 is 9.15 Å². The van der Waals surface area contributed by atoms with E-state index in [0.29, 0.717) is 13.2 Å². The summed E-state index contributed by atoms with van der Waals surface area (Å²) in [5, 5.41) is 3.38. The van der Waals surface area contributed by atoms with E-state index >= 15 is 0 Å². The van der Waals surface area contributed by atoms with E-state index in [1.165, 1.54) is 6.39 Å². The molecule has 0 bridgehead atoms. The van der Waals surface area contributed by atoms with E-state index in [-0.39, 0.29) is 5.54 Å². The van der Waals surface area contributed by atoms with Crippen molar-refractivity contribution in [3.8, 4) is 0 Å². The second-order valence-electron chi connectivity index (χ2n) is 4.88. The zero-order valence-electron chi connectivity index (χ0n) is 10.7. The van der Waals surface area contributed by atoms with Gasteiger partial charge in [0, 0.05) is 18.7 Å². The molecule has 0 spiro atoms. The number of nitrogens with zero attached hydrogens (tertiary/aromatic N) is 1. The van der Waals surface area contributed by atoms with Gasteiger partial charge in [0.2, 0.25) is 0 Å². The molecular weight excluding hydrogens is 204 g/mol. The van der Waals surface area contributed by atoms with Gasteiger partial charge in [-0.15, -0.1) is 0 Å². The molecule has 0 atom stereocenters. The molecule has 4 nitrogen and oxygen atoms in total. The van der Waals surface area contributed by atoms with Gasteiger partial charge in [-0.3, -0.25) is 0 Å². The van der Waals surface area contributed by atoms with E-state index in [0.717, 1.165) is 24.5 Å². The lowest BCUT2D eigenvalue weighted by molar-refractivity contribution is 0.106. The molecule has 0 aliphatic rings. The Morgan fingerprint density at radius 3 is 2.81 bits per heavy atom. The maximum Gasteiger partial charge on any atom is 0.181 e. The fraction of sp³-hybridized carbons (Fsp3) is 0.750. The van der Waals surface area contributed by atoms with E-state index < -0.39 is 0 Å². The summed E-state index contributed by atoms with van der Waals surface area (Å²) in [6.45, 7) is 10.4. The van der Waals surface area contributed by atoms with Gasteiger partial charge in [0.25, 0.3) is 0 Å². The molecule has 0 aliphatic heterocycles. The fourth-order valence-corrected chi connectivity index (χ4v) is 1.21. The predicted octanol–water partition coefficient (Wildman–Crippen LogP) is 2.49. The molecule has 0 unspecified atom stereocenters. The van der Waals surface area contributed by atoms with Crippen LogP contribution in [0.5, 0.6) is 0 Å². The Hall–Kier alpha value is -0.870. The molecule has 4 heteroatoms. The normalized spacial score (nSPS) is 12.0. The van der Waals surface area contributed by atoms with Gasteiger partial charge in [-0.1, -0.05) is 6.92 Å². The highest BCUT2D eigenvalue weighted by Gasteiger charge is 2.13. The standard InChI is InChI=1S/C12H22N2O2/c1-5-6-15-8-11-10(13-9-16-11)7-14-12(2,3)4/h9,14H,5-8H2,1-4H3. The summed E-state index contributed by atoms with van der Waals surface area (Å²) in [7, 11) is 0. The Bertz CT molecular complexity index is 302. The van der Waals surface area contributed by atoms with Crippen molar-refractivity contribution in [2.24, 2.45) is 0 Å². The number of nitrogens with one attached hydrogen (secondary N) is 1. The minimum atomic E-state index is 0.0838. The molecule has 0 saturated carbocycles. The molecule has 0 aromatic carbocycles. The third-order valence-corrected chi connectivity index (χ3v) is 2.09. The number of rotatable bonds is 6. The Kier molecular flexibility index (Phi) is 4.96. The van der Waals surface area contributed by atoms with Crippen LogP contribution in [0.25, 0.3) is 0 Å². The Balaban J connectivity index is 2.44. The van der Waals surface area contributed by atoms with Crippen LogP contribution in [0.3, 0.4) is 0 Å². The van der Waals surface area contributed by atoms with Crippen molar-refractivity contribution in [1.82, 2.24) is 10.3 Å². The first-order valence-electron chi connectivity index (χ1n) is 5.77. The second kappa shape index (κ2) is 6.01. The van der Waals surface area contributed by atoms with Crippen LogP contribution in [0.1, 0.15) is 45.6 Å². The highest BCUT2D eigenvalue weighted by atomic mass is 16.5. The van der Waals surface area contributed by atoms with Crippen LogP contribution in [0, 0.1) is 0 Å². The molecule has 16 heavy (non-hydrogen) atoms. The van der Waals surface area contributed by atoms with E-state index in [1.807, 2.05) is 0 Å². The molecule has 0 amide bonds. The van der Waals surface area contributed by atoms with Gasteiger partial charge in [-0.05, 0) is 27.2 Å². The van der Waals surface area contributed by atoms with Gasteiger partial charge in [0.05, 0.1) is 5.69 Å². The summed E-state index contributed by atoms with van der Waals surface area (Å²) < 4.78 is 10.7. The molecule has 1 aromatic heterocycles. The number of hydrogen-bond donors (Lipinski definition) is 1. The zero-order chi connectivity index (χ0) is 12.0. The van der Waals surface area contributed by atoms with Gasteiger partial charge in [-0.25, -0.2) is 4.98 Å². The minimum absolute atomic E-state index is 0.0838. The van der Waals surface area contributed by atoms with Crippen LogP contribution < -0.4 is 5.32 Å². The van der Waals surface area contributed by atoms with Crippen molar-refractivity contribution in [2.75, 3.05) is 6.61 Å². The van der Waals surface area contributed by atoms with Crippen molar-refractivity contribution in [2.45, 2.75) is 52.8 Å². The molecule has 0 aliphatic carbocycles. The number of aromatic nitrogens is 1. The van der Waals surface area contributed by atoms with Gasteiger partial charge in [0.15, 0.2) is 12.2 Å². The monoisotopic (exact) mass is 226 g/mol. The maximum absolute atomic E-state index is 5.44. The molecule has 1 heterocycles. The second-order valence-corrected chi connectivity index (χ2v) is 4.88. The van der Waals surface area contributed by atoms with Gasteiger partial charge >= 0.3 is 0 Å². The summed E-state index contributed by atoms with van der Waals surface area (Å²) in [6.07, 6.45) is 2.49. The largest absolute Gasteiger partial charge is 0.446 e. The van der Waals surface area contributed by atoms with Crippen molar-refractivity contribution in [1.29, 1.82) is 0 Å². The third kappa shape index (κ3) is 4.77. The molecule has 0 radical (unpaired) electrons. The zero-order valence-corrected chi connectivity index (χ0v) is 10.7. The summed E-state index contributed by atoms with van der Waals surface area (Å²) in [5.74, 6) is 0.824. The van der Waals surface area contributed by atoms with Crippen LogP contribution in [-0.4, -0.2) is 17.1 Å². The Labute approximate surface area is 97.4 Å².